The van der Waals surface area contributed by atoms with Gasteiger partial charge in [0.05, 0.1) is 25.8 Å². The van der Waals surface area contributed by atoms with E-state index in [-0.39, 0.29) is 18.0 Å². The zero-order valence-corrected chi connectivity index (χ0v) is 12.6. The molecule has 112 valence electrons. The van der Waals surface area contributed by atoms with E-state index in [0.717, 1.165) is 0 Å². The highest BCUT2D eigenvalue weighted by Gasteiger charge is 2.17. The molecule has 1 unspecified atom stereocenters. The lowest BCUT2D eigenvalue weighted by atomic mass is 10.2. The summed E-state index contributed by atoms with van der Waals surface area (Å²) in [5.41, 5.74) is 0.682. The molecule has 0 saturated carbocycles. The monoisotopic (exact) mass is 282 g/mol. The van der Waals surface area contributed by atoms with Crippen LogP contribution in [-0.4, -0.2) is 42.2 Å². The van der Waals surface area contributed by atoms with Crippen molar-refractivity contribution in [1.82, 2.24) is 20.6 Å². The van der Waals surface area contributed by atoms with E-state index in [9.17, 15) is 4.79 Å². The first-order chi connectivity index (χ1) is 9.49. The molecule has 7 heteroatoms. The number of methoxy groups -OCH3 is 2. The van der Waals surface area contributed by atoms with Gasteiger partial charge in [0, 0.05) is 12.6 Å². The van der Waals surface area contributed by atoms with Crippen LogP contribution in [0, 0.1) is 0 Å². The SMILES string of the molecule is COc1ncnc(OC)c1CNC(C)C(=O)NC(C)C. The molecule has 1 rings (SSSR count). The summed E-state index contributed by atoms with van der Waals surface area (Å²) in [7, 11) is 3.06. The maximum atomic E-state index is 11.8. The number of nitrogens with one attached hydrogen (secondary N) is 2. The van der Waals surface area contributed by atoms with Crippen molar-refractivity contribution in [3.05, 3.63) is 11.9 Å². The van der Waals surface area contributed by atoms with Gasteiger partial charge in [0.2, 0.25) is 17.7 Å². The van der Waals surface area contributed by atoms with Gasteiger partial charge in [-0.15, -0.1) is 0 Å². The molecule has 0 spiro atoms. The van der Waals surface area contributed by atoms with Crippen LogP contribution in [0.1, 0.15) is 26.3 Å². The first-order valence-corrected chi connectivity index (χ1v) is 6.45. The number of ether oxygens (including phenoxy) is 2. The van der Waals surface area contributed by atoms with Crippen LogP contribution in [0.5, 0.6) is 11.8 Å². The second-order valence-electron chi connectivity index (χ2n) is 4.64. The van der Waals surface area contributed by atoms with Gasteiger partial charge in [0.1, 0.15) is 6.33 Å². The first kappa shape index (κ1) is 16.2. The molecule has 0 aliphatic rings. The summed E-state index contributed by atoms with van der Waals surface area (Å²) >= 11 is 0. The summed E-state index contributed by atoms with van der Waals surface area (Å²) in [5.74, 6) is 0.802. The van der Waals surface area contributed by atoms with Crippen LogP contribution in [0.2, 0.25) is 0 Å². The average Bonchev–Trinajstić information content (AvgIpc) is 2.43. The maximum Gasteiger partial charge on any atom is 0.237 e. The number of aromatic nitrogens is 2. The lowest BCUT2D eigenvalue weighted by molar-refractivity contribution is -0.123. The minimum atomic E-state index is -0.341. The third kappa shape index (κ3) is 4.34. The Kier molecular flexibility index (Phi) is 6.17. The van der Waals surface area contributed by atoms with E-state index in [1.54, 1.807) is 6.92 Å². The Balaban J connectivity index is 2.72. The first-order valence-electron chi connectivity index (χ1n) is 6.45. The molecule has 0 fully saturated rings. The topological polar surface area (TPSA) is 85.4 Å². The standard InChI is InChI=1S/C13H22N4O3/c1-8(2)17-11(18)9(3)14-6-10-12(19-4)15-7-16-13(10)20-5/h7-9,14H,6H2,1-5H3,(H,17,18). The van der Waals surface area contributed by atoms with Gasteiger partial charge < -0.3 is 20.1 Å². The van der Waals surface area contributed by atoms with E-state index in [1.807, 2.05) is 13.8 Å². The van der Waals surface area contributed by atoms with Gasteiger partial charge >= 0.3 is 0 Å². The normalized spacial score (nSPS) is 12.1. The van der Waals surface area contributed by atoms with Crippen LogP contribution in [-0.2, 0) is 11.3 Å². The van der Waals surface area contributed by atoms with Crippen LogP contribution in [0.4, 0.5) is 0 Å². The highest BCUT2D eigenvalue weighted by Crippen LogP contribution is 2.22. The van der Waals surface area contributed by atoms with E-state index in [0.29, 0.717) is 23.9 Å². The highest BCUT2D eigenvalue weighted by atomic mass is 16.5. The van der Waals surface area contributed by atoms with Crippen molar-refractivity contribution in [3.8, 4) is 11.8 Å². The third-order valence-electron chi connectivity index (χ3n) is 2.66. The third-order valence-corrected chi connectivity index (χ3v) is 2.66. The molecular weight excluding hydrogens is 260 g/mol. The van der Waals surface area contributed by atoms with E-state index in [1.165, 1.54) is 20.5 Å². The average molecular weight is 282 g/mol. The lowest BCUT2D eigenvalue weighted by Crippen LogP contribution is -2.44. The number of amides is 1. The van der Waals surface area contributed by atoms with Crippen LogP contribution >= 0.6 is 0 Å². The zero-order valence-electron chi connectivity index (χ0n) is 12.6. The molecule has 1 atom stereocenters. The second-order valence-corrected chi connectivity index (χ2v) is 4.64. The van der Waals surface area contributed by atoms with Gasteiger partial charge in [-0.3, -0.25) is 4.79 Å². The van der Waals surface area contributed by atoms with Gasteiger partial charge in [-0.1, -0.05) is 0 Å². The van der Waals surface area contributed by atoms with Crippen LogP contribution in [0.25, 0.3) is 0 Å². The Bertz CT molecular complexity index is 429. The minimum absolute atomic E-state index is 0.0604. The van der Waals surface area contributed by atoms with Crippen molar-refractivity contribution in [2.75, 3.05) is 14.2 Å². The molecule has 0 aromatic carbocycles. The Morgan fingerprint density at radius 3 is 2.20 bits per heavy atom. The summed E-state index contributed by atoms with van der Waals surface area (Å²) < 4.78 is 10.3. The van der Waals surface area contributed by atoms with Crippen LogP contribution in [0.15, 0.2) is 6.33 Å². The predicted molar refractivity (Wildman–Crippen MR) is 74.7 cm³/mol. The smallest absolute Gasteiger partial charge is 0.237 e. The van der Waals surface area contributed by atoms with Crippen LogP contribution in [0.3, 0.4) is 0 Å². The lowest BCUT2D eigenvalue weighted by Gasteiger charge is -2.17. The molecule has 7 nitrogen and oxygen atoms in total. The summed E-state index contributed by atoms with van der Waals surface area (Å²) in [6.45, 7) is 6.00. The molecule has 1 amide bonds. The van der Waals surface area contributed by atoms with Crippen molar-refractivity contribution >= 4 is 5.91 Å². The van der Waals surface area contributed by atoms with Gasteiger partial charge in [0.15, 0.2) is 0 Å². The Morgan fingerprint density at radius 1 is 1.20 bits per heavy atom. The molecule has 2 N–H and O–H groups in total. The van der Waals surface area contributed by atoms with E-state index in [4.69, 9.17) is 9.47 Å². The number of carbonyl (C=O) groups is 1. The van der Waals surface area contributed by atoms with Gasteiger partial charge in [-0.25, -0.2) is 9.97 Å². The molecule has 0 saturated heterocycles. The molecule has 0 aliphatic carbocycles. The van der Waals surface area contributed by atoms with Gasteiger partial charge in [-0.05, 0) is 20.8 Å². The van der Waals surface area contributed by atoms with Crippen molar-refractivity contribution in [2.24, 2.45) is 0 Å². The molecular formula is C13H22N4O3. The second kappa shape index (κ2) is 7.64. The predicted octanol–water partition coefficient (Wildman–Crippen LogP) is 0.496. The maximum absolute atomic E-state index is 11.8. The largest absolute Gasteiger partial charge is 0.481 e. The quantitative estimate of drug-likeness (QED) is 0.757. The molecule has 1 heterocycles. The number of hydrogen-bond acceptors (Lipinski definition) is 6. The van der Waals surface area contributed by atoms with E-state index >= 15 is 0 Å². The van der Waals surface area contributed by atoms with Crippen molar-refractivity contribution in [3.63, 3.8) is 0 Å². The molecule has 0 radical (unpaired) electrons. The number of hydrogen-bond donors (Lipinski definition) is 2. The van der Waals surface area contributed by atoms with E-state index < -0.39 is 0 Å². The Labute approximate surface area is 119 Å². The van der Waals surface area contributed by atoms with Crippen LogP contribution < -0.4 is 20.1 Å². The fourth-order valence-electron chi connectivity index (χ4n) is 1.64. The number of carbonyl (C=O) groups excluding carboxylic acids is 1. The van der Waals surface area contributed by atoms with Gasteiger partial charge in [0.25, 0.3) is 0 Å². The molecule has 0 aliphatic heterocycles. The fraction of sp³-hybridized carbons (Fsp3) is 0.615. The summed E-state index contributed by atoms with van der Waals surface area (Å²) in [6, 6.07) is -0.233. The van der Waals surface area contributed by atoms with Gasteiger partial charge in [-0.2, -0.15) is 0 Å². The minimum Gasteiger partial charge on any atom is -0.481 e. The fourth-order valence-corrected chi connectivity index (χ4v) is 1.64. The van der Waals surface area contributed by atoms with Crippen molar-refractivity contribution in [1.29, 1.82) is 0 Å². The Hall–Kier alpha value is -1.89. The van der Waals surface area contributed by atoms with Crippen molar-refractivity contribution in [2.45, 2.75) is 39.4 Å². The Morgan fingerprint density at radius 2 is 1.75 bits per heavy atom. The molecule has 0 bridgehead atoms. The molecule has 20 heavy (non-hydrogen) atoms. The van der Waals surface area contributed by atoms with E-state index in [2.05, 4.69) is 20.6 Å². The summed E-state index contributed by atoms with van der Waals surface area (Å²) in [5, 5.41) is 5.94. The number of nitrogens with zero attached hydrogens (tertiary/aromatic N) is 2. The highest BCUT2D eigenvalue weighted by molar-refractivity contribution is 5.81. The molecule has 1 aromatic heterocycles. The summed E-state index contributed by atoms with van der Waals surface area (Å²) in [6.07, 6.45) is 1.37. The van der Waals surface area contributed by atoms with Crippen molar-refractivity contribution < 1.29 is 14.3 Å². The number of rotatable bonds is 7. The zero-order chi connectivity index (χ0) is 15.1. The summed E-state index contributed by atoms with van der Waals surface area (Å²) in [4.78, 5) is 19.9. The molecule has 1 aromatic rings.